The summed E-state index contributed by atoms with van der Waals surface area (Å²) >= 11 is 0. The van der Waals surface area contributed by atoms with Gasteiger partial charge in [0.05, 0.1) is 10.9 Å². The molecule has 0 spiro atoms. The fraction of sp³-hybridized carbons (Fsp3) is 0.444. The molecule has 2 aromatic rings. The maximum Gasteiger partial charge on any atom is 0.271 e. The number of carbonyl (C=O) groups excluding carboxylic acids is 1. The van der Waals surface area contributed by atoms with Crippen LogP contribution in [0.3, 0.4) is 0 Å². The molecule has 3 N–H and O–H groups in total. The lowest BCUT2D eigenvalue weighted by Gasteiger charge is -2.22. The smallest absolute Gasteiger partial charge is 0.271 e. The number of nitrogens with zero attached hydrogens (tertiary/aromatic N) is 2. The van der Waals surface area contributed by atoms with Crippen LogP contribution in [-0.4, -0.2) is 50.3 Å². The second kappa shape index (κ2) is 10.0. The molecule has 0 bridgehead atoms. The molecule has 1 aromatic carbocycles. The van der Waals surface area contributed by atoms with Crippen LogP contribution in [0.25, 0.3) is 0 Å². The highest BCUT2D eigenvalue weighted by atomic mass is 35.5. The lowest BCUT2D eigenvalue weighted by molar-refractivity contribution is 0.0948. The number of aryl methyl sites for hydroxylation is 1. The predicted octanol–water partition coefficient (Wildman–Crippen LogP) is 1.25. The molecule has 10 heteroatoms. The minimum atomic E-state index is -3.58. The largest absolute Gasteiger partial charge is 0.349 e. The van der Waals surface area contributed by atoms with Crippen molar-refractivity contribution >= 4 is 28.3 Å². The van der Waals surface area contributed by atoms with Gasteiger partial charge in [-0.15, -0.1) is 12.4 Å². The summed E-state index contributed by atoms with van der Waals surface area (Å²) in [5.74, 6) is -0.313. The maximum atomic E-state index is 12.2. The van der Waals surface area contributed by atoms with Crippen molar-refractivity contribution in [3.05, 3.63) is 47.8 Å². The van der Waals surface area contributed by atoms with Gasteiger partial charge in [-0.2, -0.15) is 5.10 Å². The van der Waals surface area contributed by atoms with Gasteiger partial charge in [0.25, 0.3) is 5.91 Å². The van der Waals surface area contributed by atoms with Crippen molar-refractivity contribution in [3.8, 4) is 0 Å². The third-order valence-electron chi connectivity index (χ3n) is 4.52. The molecule has 154 valence electrons. The van der Waals surface area contributed by atoms with Gasteiger partial charge < -0.3 is 10.6 Å². The summed E-state index contributed by atoms with van der Waals surface area (Å²) in [5.41, 5.74) is 1.33. The Morgan fingerprint density at radius 1 is 1.25 bits per heavy atom. The van der Waals surface area contributed by atoms with Gasteiger partial charge >= 0.3 is 0 Å². The van der Waals surface area contributed by atoms with Crippen molar-refractivity contribution in [2.24, 2.45) is 0 Å². The van der Waals surface area contributed by atoms with Gasteiger partial charge in [0.1, 0.15) is 5.69 Å². The number of halogens is 1. The quantitative estimate of drug-likeness (QED) is 0.577. The van der Waals surface area contributed by atoms with Crippen LogP contribution >= 0.6 is 12.4 Å². The molecule has 1 aromatic heterocycles. The summed E-state index contributed by atoms with van der Waals surface area (Å²) in [7, 11) is -3.58. The first-order chi connectivity index (χ1) is 13.0. The molecule has 0 radical (unpaired) electrons. The topological polar surface area (TPSA) is 105 Å². The third-order valence-corrected chi connectivity index (χ3v) is 6.00. The zero-order valence-corrected chi connectivity index (χ0v) is 17.4. The number of hydrogen-bond acceptors (Lipinski definition) is 5. The van der Waals surface area contributed by atoms with Crippen LogP contribution in [0.4, 0.5) is 0 Å². The molecule has 1 atom stereocenters. The Bertz CT molecular complexity index is 877. The first kappa shape index (κ1) is 22.4. The highest BCUT2D eigenvalue weighted by Gasteiger charge is 2.18. The number of amides is 1. The summed E-state index contributed by atoms with van der Waals surface area (Å²) in [5, 5.41) is 10.4. The second-order valence-corrected chi connectivity index (χ2v) is 8.41. The first-order valence-electron chi connectivity index (χ1n) is 9.06. The van der Waals surface area contributed by atoms with Crippen molar-refractivity contribution in [2.75, 3.05) is 26.2 Å². The minimum absolute atomic E-state index is 0. The Morgan fingerprint density at radius 3 is 2.68 bits per heavy atom. The van der Waals surface area contributed by atoms with E-state index in [4.69, 9.17) is 0 Å². The minimum Gasteiger partial charge on any atom is -0.349 e. The van der Waals surface area contributed by atoms with Crippen LogP contribution in [0.1, 0.15) is 34.9 Å². The summed E-state index contributed by atoms with van der Waals surface area (Å²) in [6, 6.07) is 8.55. The fourth-order valence-electron chi connectivity index (χ4n) is 2.97. The van der Waals surface area contributed by atoms with Crippen LogP contribution in [0.2, 0.25) is 0 Å². The van der Waals surface area contributed by atoms with E-state index in [1.807, 2.05) is 17.8 Å². The third kappa shape index (κ3) is 5.78. The zero-order valence-electron chi connectivity index (χ0n) is 15.7. The molecule has 1 unspecified atom stereocenters. The highest BCUT2D eigenvalue weighted by molar-refractivity contribution is 7.89. The van der Waals surface area contributed by atoms with E-state index in [1.54, 1.807) is 30.3 Å². The Morgan fingerprint density at radius 2 is 2.00 bits per heavy atom. The number of nitrogens with one attached hydrogen (secondary N) is 3. The standard InChI is InChI=1S/C18H25N5O3S.ClH/c1-14-4-6-16(7-5-14)27(25,26)21-11-10-20-18(24)17-8-12-23(22-17)15-3-2-9-19-13-15;/h4-8,12,15,19,21H,2-3,9-11,13H2,1H3,(H,20,24);1H. The van der Waals surface area contributed by atoms with Gasteiger partial charge in [-0.1, -0.05) is 17.7 Å². The summed E-state index contributed by atoms with van der Waals surface area (Å²) < 4.78 is 28.7. The average molecular weight is 428 g/mol. The molecular formula is C18H26ClN5O3S. The molecule has 0 aliphatic carbocycles. The van der Waals surface area contributed by atoms with Crippen LogP contribution < -0.4 is 15.4 Å². The van der Waals surface area contributed by atoms with E-state index >= 15 is 0 Å². The number of rotatable bonds is 7. The molecule has 2 heterocycles. The van der Waals surface area contributed by atoms with E-state index in [1.165, 1.54) is 0 Å². The number of carbonyl (C=O) groups is 1. The Hall–Kier alpha value is -1.94. The molecule has 1 saturated heterocycles. The summed E-state index contributed by atoms with van der Waals surface area (Å²) in [6.07, 6.45) is 3.94. The second-order valence-electron chi connectivity index (χ2n) is 6.65. The molecular weight excluding hydrogens is 402 g/mol. The SMILES string of the molecule is Cc1ccc(S(=O)(=O)NCCNC(=O)c2ccn(C3CCCNC3)n2)cc1.Cl. The lowest BCUT2D eigenvalue weighted by atomic mass is 10.1. The van der Waals surface area contributed by atoms with Gasteiger partial charge in [0.2, 0.25) is 10.0 Å². The van der Waals surface area contributed by atoms with E-state index in [9.17, 15) is 13.2 Å². The van der Waals surface area contributed by atoms with Crippen molar-refractivity contribution < 1.29 is 13.2 Å². The number of piperidine rings is 1. The van der Waals surface area contributed by atoms with Gasteiger partial charge in [0.15, 0.2) is 0 Å². The molecule has 28 heavy (non-hydrogen) atoms. The van der Waals surface area contributed by atoms with Crippen LogP contribution in [-0.2, 0) is 10.0 Å². The zero-order chi connectivity index (χ0) is 19.3. The van der Waals surface area contributed by atoms with Crippen molar-refractivity contribution in [3.63, 3.8) is 0 Å². The molecule has 3 rings (SSSR count). The number of hydrogen-bond donors (Lipinski definition) is 3. The van der Waals surface area contributed by atoms with Crippen molar-refractivity contribution in [1.29, 1.82) is 0 Å². The van der Waals surface area contributed by atoms with Gasteiger partial charge in [-0.05, 0) is 44.5 Å². The Kier molecular flexibility index (Phi) is 7.99. The number of benzene rings is 1. The normalized spacial score (nSPS) is 17.0. The number of aromatic nitrogens is 2. The Balaban J connectivity index is 0.00000280. The summed E-state index contributed by atoms with van der Waals surface area (Å²) in [6.45, 7) is 4.05. The number of sulfonamides is 1. The van der Waals surface area contributed by atoms with Crippen LogP contribution in [0.15, 0.2) is 41.4 Å². The Labute approximate surface area is 171 Å². The van der Waals surface area contributed by atoms with E-state index < -0.39 is 10.0 Å². The van der Waals surface area contributed by atoms with E-state index in [0.717, 1.165) is 31.5 Å². The van der Waals surface area contributed by atoms with Gasteiger partial charge in [-0.25, -0.2) is 13.1 Å². The van der Waals surface area contributed by atoms with E-state index in [2.05, 4.69) is 20.5 Å². The fourth-order valence-corrected chi connectivity index (χ4v) is 4.01. The maximum absolute atomic E-state index is 12.2. The molecule has 1 aliphatic rings. The van der Waals surface area contributed by atoms with Crippen molar-refractivity contribution in [2.45, 2.75) is 30.7 Å². The van der Waals surface area contributed by atoms with Gasteiger partial charge in [0, 0.05) is 25.8 Å². The lowest BCUT2D eigenvalue weighted by Crippen LogP contribution is -2.35. The monoisotopic (exact) mass is 427 g/mol. The molecule has 1 aliphatic heterocycles. The van der Waals surface area contributed by atoms with Gasteiger partial charge in [-0.3, -0.25) is 9.48 Å². The molecule has 1 fully saturated rings. The van der Waals surface area contributed by atoms with Crippen molar-refractivity contribution in [1.82, 2.24) is 25.1 Å². The average Bonchev–Trinajstić information content (AvgIpc) is 3.16. The van der Waals surface area contributed by atoms with E-state index in [-0.39, 0.29) is 42.3 Å². The summed E-state index contributed by atoms with van der Waals surface area (Å²) in [4.78, 5) is 12.4. The predicted molar refractivity (Wildman–Crippen MR) is 109 cm³/mol. The highest BCUT2D eigenvalue weighted by Crippen LogP contribution is 2.15. The van der Waals surface area contributed by atoms with Crippen LogP contribution in [0, 0.1) is 6.92 Å². The molecule has 8 nitrogen and oxygen atoms in total. The van der Waals surface area contributed by atoms with E-state index in [0.29, 0.717) is 5.69 Å². The molecule has 1 amide bonds. The molecule has 0 saturated carbocycles. The first-order valence-corrected chi connectivity index (χ1v) is 10.5. The van der Waals surface area contributed by atoms with Crippen LogP contribution in [0.5, 0.6) is 0 Å².